The molecule has 1 aromatic heterocycles. The SMILES string of the molecule is CC(C)c1c[c]c2c3c(C(N)=O)cccc3n(Cc3ccc(F)c(C(F)(F)F)c3)c2c1. The van der Waals surface area contributed by atoms with Crippen LogP contribution in [0.2, 0.25) is 0 Å². The lowest BCUT2D eigenvalue weighted by atomic mass is 10.00. The van der Waals surface area contributed by atoms with E-state index < -0.39 is 23.5 Å². The summed E-state index contributed by atoms with van der Waals surface area (Å²) in [4.78, 5) is 12.0. The van der Waals surface area contributed by atoms with Gasteiger partial charge in [0.1, 0.15) is 5.82 Å². The van der Waals surface area contributed by atoms with Gasteiger partial charge in [-0.2, -0.15) is 13.2 Å². The van der Waals surface area contributed by atoms with Gasteiger partial charge in [-0.3, -0.25) is 4.79 Å². The number of fused-ring (bicyclic) bond motifs is 3. The number of carbonyl (C=O) groups is 1. The van der Waals surface area contributed by atoms with E-state index in [1.54, 1.807) is 18.2 Å². The number of rotatable bonds is 4. The zero-order chi connectivity index (χ0) is 22.5. The second-order valence-electron chi connectivity index (χ2n) is 7.81. The Bertz CT molecular complexity index is 1320. The maximum Gasteiger partial charge on any atom is 0.419 e. The fourth-order valence-electron chi connectivity index (χ4n) is 3.85. The topological polar surface area (TPSA) is 48.0 Å². The van der Waals surface area contributed by atoms with E-state index in [0.717, 1.165) is 17.7 Å². The van der Waals surface area contributed by atoms with Crippen molar-refractivity contribution in [3.63, 3.8) is 0 Å². The molecule has 1 amide bonds. The van der Waals surface area contributed by atoms with Crippen LogP contribution in [-0.4, -0.2) is 10.5 Å². The standard InChI is InChI=1S/C24H19F4N2O/c1-13(2)15-7-8-16-21(11-15)30(20-5-3-4-17(22(16)20)23(29)31)12-14-6-9-19(25)18(10-14)24(26,27)28/h3-7,9-11,13H,12H2,1-2H3,(H2,29,31). The quantitative estimate of drug-likeness (QED) is 0.398. The van der Waals surface area contributed by atoms with E-state index in [2.05, 4.69) is 6.07 Å². The summed E-state index contributed by atoms with van der Waals surface area (Å²) in [6, 6.07) is 15.0. The molecule has 1 heterocycles. The molecule has 31 heavy (non-hydrogen) atoms. The Morgan fingerprint density at radius 3 is 2.52 bits per heavy atom. The Balaban J connectivity index is 1.99. The monoisotopic (exact) mass is 427 g/mol. The predicted molar refractivity (Wildman–Crippen MR) is 111 cm³/mol. The molecular formula is C24H19F4N2O. The van der Waals surface area contributed by atoms with Crippen LogP contribution in [0.5, 0.6) is 0 Å². The highest BCUT2D eigenvalue weighted by Gasteiger charge is 2.34. The van der Waals surface area contributed by atoms with Crippen molar-refractivity contribution in [2.45, 2.75) is 32.5 Å². The van der Waals surface area contributed by atoms with Crippen molar-refractivity contribution in [3.8, 4) is 0 Å². The number of nitrogens with zero attached hydrogens (tertiary/aromatic N) is 1. The molecule has 0 atom stereocenters. The maximum absolute atomic E-state index is 13.8. The average Bonchev–Trinajstić information content (AvgIpc) is 3.01. The van der Waals surface area contributed by atoms with Gasteiger partial charge in [-0.15, -0.1) is 0 Å². The van der Waals surface area contributed by atoms with E-state index in [9.17, 15) is 22.4 Å². The number of amides is 1. The summed E-state index contributed by atoms with van der Waals surface area (Å²) < 4.78 is 55.1. The molecule has 0 aliphatic heterocycles. The summed E-state index contributed by atoms with van der Waals surface area (Å²) in [5, 5.41) is 1.26. The van der Waals surface area contributed by atoms with Gasteiger partial charge in [0, 0.05) is 22.9 Å². The molecule has 2 N–H and O–H groups in total. The molecule has 0 saturated carbocycles. The lowest BCUT2D eigenvalue weighted by molar-refractivity contribution is -0.140. The summed E-state index contributed by atoms with van der Waals surface area (Å²) in [5.41, 5.74) is 7.20. The molecule has 1 radical (unpaired) electrons. The normalized spacial score (nSPS) is 12.2. The summed E-state index contributed by atoms with van der Waals surface area (Å²) in [5.74, 6) is -1.72. The van der Waals surface area contributed by atoms with Gasteiger partial charge in [0.2, 0.25) is 5.91 Å². The van der Waals surface area contributed by atoms with Gasteiger partial charge >= 0.3 is 6.18 Å². The molecule has 4 rings (SSSR count). The first-order chi connectivity index (χ1) is 14.6. The van der Waals surface area contributed by atoms with Crippen molar-refractivity contribution in [1.29, 1.82) is 0 Å². The van der Waals surface area contributed by atoms with Crippen LogP contribution >= 0.6 is 0 Å². The van der Waals surface area contributed by atoms with Crippen molar-refractivity contribution in [2.24, 2.45) is 5.73 Å². The highest BCUT2D eigenvalue weighted by molar-refractivity contribution is 6.17. The van der Waals surface area contributed by atoms with Crippen LogP contribution in [0, 0.1) is 11.9 Å². The van der Waals surface area contributed by atoms with Gasteiger partial charge in [0.05, 0.1) is 16.6 Å². The van der Waals surface area contributed by atoms with Crippen molar-refractivity contribution >= 4 is 27.7 Å². The third kappa shape index (κ3) is 3.65. The van der Waals surface area contributed by atoms with Crippen LogP contribution in [0.3, 0.4) is 0 Å². The second kappa shape index (κ2) is 7.41. The lowest BCUT2D eigenvalue weighted by Gasteiger charge is -2.13. The zero-order valence-electron chi connectivity index (χ0n) is 16.8. The molecule has 0 aliphatic carbocycles. The van der Waals surface area contributed by atoms with Gasteiger partial charge in [0.25, 0.3) is 0 Å². The first-order valence-corrected chi connectivity index (χ1v) is 9.70. The Morgan fingerprint density at radius 2 is 1.87 bits per heavy atom. The van der Waals surface area contributed by atoms with Crippen molar-refractivity contribution in [3.05, 3.63) is 82.7 Å². The van der Waals surface area contributed by atoms with Gasteiger partial charge in [0.15, 0.2) is 0 Å². The van der Waals surface area contributed by atoms with Crippen LogP contribution in [0.1, 0.15) is 46.8 Å². The molecule has 159 valence electrons. The number of nitrogens with two attached hydrogens (primary N) is 1. The highest BCUT2D eigenvalue weighted by Crippen LogP contribution is 2.35. The van der Waals surface area contributed by atoms with Crippen molar-refractivity contribution < 1.29 is 22.4 Å². The number of aromatic nitrogens is 1. The Hall–Kier alpha value is -3.35. The summed E-state index contributed by atoms with van der Waals surface area (Å²) in [6.07, 6.45) is -4.79. The first-order valence-electron chi connectivity index (χ1n) is 9.70. The molecule has 3 aromatic carbocycles. The van der Waals surface area contributed by atoms with Crippen molar-refractivity contribution in [1.82, 2.24) is 4.57 Å². The Kier molecular flexibility index (Phi) is 5.00. The molecule has 3 nitrogen and oxygen atoms in total. The predicted octanol–water partition coefficient (Wildman–Crippen LogP) is 6.02. The highest BCUT2D eigenvalue weighted by atomic mass is 19.4. The molecule has 0 unspecified atom stereocenters. The van der Waals surface area contributed by atoms with E-state index in [-0.39, 0.29) is 18.0 Å². The lowest BCUT2D eigenvalue weighted by Crippen LogP contribution is -2.11. The van der Waals surface area contributed by atoms with Crippen LogP contribution in [0.25, 0.3) is 21.8 Å². The molecular weight excluding hydrogens is 408 g/mol. The number of benzene rings is 3. The van der Waals surface area contributed by atoms with Gasteiger partial charge in [-0.25, -0.2) is 4.39 Å². The molecule has 4 aromatic rings. The molecule has 0 spiro atoms. The van der Waals surface area contributed by atoms with E-state index in [1.165, 1.54) is 6.07 Å². The first kappa shape index (κ1) is 20.9. The Labute approximate surface area is 176 Å². The van der Waals surface area contributed by atoms with E-state index in [4.69, 9.17) is 5.73 Å². The second-order valence-corrected chi connectivity index (χ2v) is 7.81. The third-order valence-corrected chi connectivity index (χ3v) is 5.43. The van der Waals surface area contributed by atoms with E-state index in [1.807, 2.05) is 30.5 Å². The minimum absolute atomic E-state index is 0.0565. The Morgan fingerprint density at radius 1 is 1.13 bits per heavy atom. The van der Waals surface area contributed by atoms with Gasteiger partial charge in [-0.1, -0.05) is 32.0 Å². The number of alkyl halides is 3. The van der Waals surface area contributed by atoms with E-state index in [0.29, 0.717) is 27.4 Å². The smallest absolute Gasteiger partial charge is 0.366 e. The van der Waals surface area contributed by atoms with Crippen LogP contribution in [0.4, 0.5) is 17.6 Å². The number of carbonyl (C=O) groups excluding carboxylic acids is 1. The third-order valence-electron chi connectivity index (χ3n) is 5.43. The van der Waals surface area contributed by atoms with Crippen LogP contribution in [0.15, 0.2) is 48.5 Å². The zero-order valence-corrected chi connectivity index (χ0v) is 16.8. The number of hydrogen-bond donors (Lipinski definition) is 1. The minimum Gasteiger partial charge on any atom is -0.366 e. The number of halogens is 4. The number of primary amides is 1. The summed E-state index contributed by atoms with van der Waals surface area (Å²) in [6.45, 7) is 4.10. The summed E-state index contributed by atoms with van der Waals surface area (Å²) in [7, 11) is 0. The largest absolute Gasteiger partial charge is 0.419 e. The van der Waals surface area contributed by atoms with Crippen LogP contribution in [-0.2, 0) is 12.7 Å². The maximum atomic E-state index is 13.8. The fourth-order valence-corrected chi connectivity index (χ4v) is 3.85. The number of hydrogen-bond acceptors (Lipinski definition) is 1. The van der Waals surface area contributed by atoms with E-state index >= 15 is 0 Å². The summed E-state index contributed by atoms with van der Waals surface area (Å²) >= 11 is 0. The van der Waals surface area contributed by atoms with Crippen LogP contribution < -0.4 is 5.73 Å². The molecule has 0 aliphatic rings. The van der Waals surface area contributed by atoms with Gasteiger partial charge in [-0.05, 0) is 53.4 Å². The van der Waals surface area contributed by atoms with Crippen molar-refractivity contribution in [2.75, 3.05) is 0 Å². The minimum atomic E-state index is -4.79. The fraction of sp³-hybridized carbons (Fsp3) is 0.208. The average molecular weight is 427 g/mol. The molecule has 0 saturated heterocycles. The molecule has 0 bridgehead atoms. The molecule has 7 heteroatoms. The molecule has 0 fully saturated rings. The van der Waals surface area contributed by atoms with Gasteiger partial charge < -0.3 is 10.3 Å².